The van der Waals surface area contributed by atoms with Gasteiger partial charge in [0.05, 0.1) is 12.4 Å². The molecule has 0 bridgehead atoms. The molecule has 0 radical (unpaired) electrons. The summed E-state index contributed by atoms with van der Waals surface area (Å²) in [6.45, 7) is 4.96. The number of ether oxygens (including phenoxy) is 1. The molecule has 158 valence electrons. The minimum Gasteiger partial charge on any atom is -0.493 e. The topological polar surface area (TPSA) is 69.0 Å². The summed E-state index contributed by atoms with van der Waals surface area (Å²) in [6.07, 6.45) is 7.20. The number of nitrogens with one attached hydrogen (secondary N) is 1. The first-order valence-electron chi connectivity index (χ1n) is 10.6. The second-order valence-corrected chi connectivity index (χ2v) is 9.08. The fraction of sp³-hybridized carbons (Fsp3) is 0.591. The highest BCUT2D eigenvalue weighted by Crippen LogP contribution is 2.25. The lowest BCUT2D eigenvalue weighted by molar-refractivity contribution is -0.119. The van der Waals surface area contributed by atoms with Crippen LogP contribution < -0.4 is 10.1 Å². The summed E-state index contributed by atoms with van der Waals surface area (Å²) in [6, 6.07) is 8.23. The average molecular weight is 417 g/mol. The summed E-state index contributed by atoms with van der Waals surface area (Å²) >= 11 is 1.43. The summed E-state index contributed by atoms with van der Waals surface area (Å²) < 4.78 is 7.68. The third-order valence-electron chi connectivity index (χ3n) is 5.08. The standard InChI is InChI=1S/C22H32N4O2S/c1-16(2)14-28-19-12-10-17(11-13-19)21-24-25-22(26(21)3)29-15-20(27)23-18-8-6-4-5-7-9-18/h10-13,16,18H,4-9,14-15H2,1-3H3,(H,23,27). The first-order chi connectivity index (χ1) is 14.0. The van der Waals surface area contributed by atoms with Crippen molar-refractivity contribution in [3.63, 3.8) is 0 Å². The molecule has 0 atom stereocenters. The lowest BCUT2D eigenvalue weighted by atomic mass is 10.1. The van der Waals surface area contributed by atoms with Crippen molar-refractivity contribution in [2.75, 3.05) is 12.4 Å². The highest BCUT2D eigenvalue weighted by molar-refractivity contribution is 7.99. The lowest BCUT2D eigenvalue weighted by Crippen LogP contribution is -2.35. The van der Waals surface area contributed by atoms with Crippen molar-refractivity contribution in [3.05, 3.63) is 24.3 Å². The molecular formula is C22H32N4O2S. The zero-order chi connectivity index (χ0) is 20.6. The van der Waals surface area contributed by atoms with E-state index in [4.69, 9.17) is 4.74 Å². The van der Waals surface area contributed by atoms with Gasteiger partial charge >= 0.3 is 0 Å². The molecule has 1 fully saturated rings. The van der Waals surface area contributed by atoms with Crippen molar-refractivity contribution in [2.24, 2.45) is 13.0 Å². The van der Waals surface area contributed by atoms with Crippen molar-refractivity contribution in [3.8, 4) is 17.1 Å². The normalized spacial score (nSPS) is 15.3. The number of amides is 1. The zero-order valence-electron chi connectivity index (χ0n) is 17.7. The van der Waals surface area contributed by atoms with Gasteiger partial charge in [-0.15, -0.1) is 10.2 Å². The molecule has 1 aliphatic rings. The van der Waals surface area contributed by atoms with Crippen LogP contribution in [0.2, 0.25) is 0 Å². The van der Waals surface area contributed by atoms with Crippen molar-refractivity contribution in [1.82, 2.24) is 20.1 Å². The summed E-state index contributed by atoms with van der Waals surface area (Å²) in [5.74, 6) is 2.58. The van der Waals surface area contributed by atoms with Crippen LogP contribution in [-0.2, 0) is 11.8 Å². The molecule has 1 heterocycles. The molecule has 1 amide bonds. The Labute approximate surface area is 177 Å². The van der Waals surface area contributed by atoms with E-state index in [0.717, 1.165) is 35.1 Å². The third-order valence-corrected chi connectivity index (χ3v) is 6.10. The van der Waals surface area contributed by atoms with E-state index < -0.39 is 0 Å². The van der Waals surface area contributed by atoms with Gasteiger partial charge < -0.3 is 14.6 Å². The Morgan fingerprint density at radius 2 is 1.86 bits per heavy atom. The van der Waals surface area contributed by atoms with Crippen LogP contribution in [0.4, 0.5) is 0 Å². The number of benzene rings is 1. The molecule has 3 rings (SSSR count). The number of nitrogens with zero attached hydrogens (tertiary/aromatic N) is 3. The maximum absolute atomic E-state index is 12.3. The van der Waals surface area contributed by atoms with Crippen LogP contribution in [0.15, 0.2) is 29.4 Å². The van der Waals surface area contributed by atoms with Gasteiger partial charge in [-0.3, -0.25) is 4.79 Å². The number of carbonyl (C=O) groups excluding carboxylic acids is 1. The first-order valence-corrected chi connectivity index (χ1v) is 11.6. The summed E-state index contributed by atoms with van der Waals surface area (Å²) in [5.41, 5.74) is 0.978. The number of hydrogen-bond acceptors (Lipinski definition) is 5. The Kier molecular flexibility index (Phi) is 7.98. The Morgan fingerprint density at radius 3 is 2.52 bits per heavy atom. The molecule has 0 spiro atoms. The molecule has 29 heavy (non-hydrogen) atoms. The van der Waals surface area contributed by atoms with Crippen molar-refractivity contribution >= 4 is 17.7 Å². The van der Waals surface area contributed by atoms with Gasteiger partial charge in [-0.2, -0.15) is 0 Å². The number of rotatable bonds is 8. The maximum atomic E-state index is 12.3. The number of thioether (sulfide) groups is 1. The lowest BCUT2D eigenvalue weighted by Gasteiger charge is -2.15. The molecule has 1 aliphatic carbocycles. The van der Waals surface area contributed by atoms with Gasteiger partial charge in [-0.1, -0.05) is 51.3 Å². The average Bonchev–Trinajstić information content (AvgIpc) is 2.89. The molecule has 1 aromatic carbocycles. The Morgan fingerprint density at radius 1 is 1.17 bits per heavy atom. The number of aromatic nitrogens is 3. The highest BCUT2D eigenvalue weighted by atomic mass is 32.2. The largest absolute Gasteiger partial charge is 0.493 e. The molecule has 6 nitrogen and oxygen atoms in total. The van der Waals surface area contributed by atoms with E-state index >= 15 is 0 Å². The summed E-state index contributed by atoms with van der Waals surface area (Å²) in [4.78, 5) is 12.3. The van der Waals surface area contributed by atoms with Crippen LogP contribution in [0.25, 0.3) is 11.4 Å². The van der Waals surface area contributed by atoms with Crippen molar-refractivity contribution < 1.29 is 9.53 Å². The molecule has 1 aromatic heterocycles. The van der Waals surface area contributed by atoms with E-state index in [-0.39, 0.29) is 5.91 Å². The SMILES string of the molecule is CC(C)COc1ccc(-c2nnc(SCC(=O)NC3CCCCCC3)n2C)cc1. The molecule has 2 aromatic rings. The number of carbonyl (C=O) groups is 1. The minimum atomic E-state index is 0.0816. The quantitative estimate of drug-likeness (QED) is 0.509. The van der Waals surface area contributed by atoms with Crippen LogP contribution in [0, 0.1) is 5.92 Å². The van der Waals surface area contributed by atoms with E-state index in [9.17, 15) is 4.79 Å². The molecule has 1 saturated carbocycles. The van der Waals surface area contributed by atoms with E-state index in [0.29, 0.717) is 24.3 Å². The molecule has 0 unspecified atom stereocenters. The summed E-state index contributed by atoms with van der Waals surface area (Å²) in [5, 5.41) is 12.5. The van der Waals surface area contributed by atoms with Crippen molar-refractivity contribution in [1.29, 1.82) is 0 Å². The fourth-order valence-electron chi connectivity index (χ4n) is 3.48. The van der Waals surface area contributed by atoms with E-state index in [2.05, 4.69) is 29.4 Å². The van der Waals surface area contributed by atoms with Crippen molar-refractivity contribution in [2.45, 2.75) is 63.6 Å². The summed E-state index contributed by atoms with van der Waals surface area (Å²) in [7, 11) is 1.93. The van der Waals surface area contributed by atoms with Gasteiger partial charge in [0.1, 0.15) is 5.75 Å². The second-order valence-electron chi connectivity index (χ2n) is 8.14. The smallest absolute Gasteiger partial charge is 0.230 e. The van der Waals surface area contributed by atoms with E-state index in [1.54, 1.807) is 0 Å². The Bertz CT molecular complexity index is 781. The maximum Gasteiger partial charge on any atom is 0.230 e. The predicted molar refractivity (Wildman–Crippen MR) is 117 cm³/mol. The first kappa shape index (κ1) is 21.7. The monoisotopic (exact) mass is 416 g/mol. The fourth-order valence-corrected chi connectivity index (χ4v) is 4.20. The van der Waals surface area contributed by atoms with Crippen LogP contribution in [0.1, 0.15) is 52.4 Å². The van der Waals surface area contributed by atoms with Gasteiger partial charge in [0.15, 0.2) is 11.0 Å². The minimum absolute atomic E-state index is 0.0816. The van der Waals surface area contributed by atoms with E-state index in [1.807, 2.05) is 35.9 Å². The van der Waals surface area contributed by atoms with Crippen LogP contribution >= 0.6 is 11.8 Å². The molecule has 1 N–H and O–H groups in total. The van der Waals surface area contributed by atoms with Crippen LogP contribution in [-0.4, -0.2) is 39.1 Å². The van der Waals surface area contributed by atoms with Gasteiger partial charge in [-0.25, -0.2) is 0 Å². The number of hydrogen-bond donors (Lipinski definition) is 1. The zero-order valence-corrected chi connectivity index (χ0v) is 18.5. The molecule has 7 heteroatoms. The second kappa shape index (κ2) is 10.7. The highest BCUT2D eigenvalue weighted by Gasteiger charge is 2.17. The van der Waals surface area contributed by atoms with Crippen LogP contribution in [0.3, 0.4) is 0 Å². The molecule has 0 saturated heterocycles. The van der Waals surface area contributed by atoms with Gasteiger partial charge in [0.25, 0.3) is 0 Å². The van der Waals surface area contributed by atoms with Gasteiger partial charge in [-0.05, 0) is 43.0 Å². The van der Waals surface area contributed by atoms with E-state index in [1.165, 1.54) is 37.4 Å². The molecular weight excluding hydrogens is 384 g/mol. The molecule has 0 aliphatic heterocycles. The third kappa shape index (κ3) is 6.49. The Hall–Kier alpha value is -2.02. The van der Waals surface area contributed by atoms with Crippen LogP contribution in [0.5, 0.6) is 5.75 Å². The van der Waals surface area contributed by atoms with Gasteiger partial charge in [0.2, 0.25) is 5.91 Å². The van der Waals surface area contributed by atoms with Gasteiger partial charge in [0, 0.05) is 18.7 Å². The Balaban J connectivity index is 1.54. The predicted octanol–water partition coefficient (Wildman–Crippen LogP) is 4.45.